The first-order valence-corrected chi connectivity index (χ1v) is 5.75. The van der Waals surface area contributed by atoms with Crippen molar-refractivity contribution in [3.8, 4) is 0 Å². The molecule has 0 saturated carbocycles. The molecule has 2 aliphatic heterocycles. The molecule has 15 heavy (non-hydrogen) atoms. The van der Waals surface area contributed by atoms with Crippen LogP contribution in [0.25, 0.3) is 0 Å². The highest BCUT2D eigenvalue weighted by atomic mass is 16.7. The maximum absolute atomic E-state index is 11.1. The predicted octanol–water partition coefficient (Wildman–Crippen LogP) is 1.32. The van der Waals surface area contributed by atoms with E-state index in [2.05, 4.69) is 15.3 Å². The number of hydrogen-bond donors (Lipinski definition) is 1. The fourth-order valence-corrected chi connectivity index (χ4v) is 2.18. The molecule has 0 aromatic rings. The topological polar surface area (TPSA) is 50.7 Å². The third-order valence-electron chi connectivity index (χ3n) is 3.37. The van der Waals surface area contributed by atoms with Crippen molar-refractivity contribution in [2.45, 2.75) is 32.6 Å². The largest absolute Gasteiger partial charge is 0.343 e. The monoisotopic (exact) mass is 210 g/mol. The number of carbonyl (C=O) groups excluding carboxylic acids is 1. The van der Waals surface area contributed by atoms with Crippen LogP contribution >= 0.6 is 0 Å². The van der Waals surface area contributed by atoms with Crippen LogP contribution in [0.5, 0.6) is 0 Å². The summed E-state index contributed by atoms with van der Waals surface area (Å²) in [6.45, 7) is 4.13. The van der Waals surface area contributed by atoms with Crippen LogP contribution in [0.4, 0.5) is 0 Å². The Bertz CT molecular complexity index is 270. The van der Waals surface area contributed by atoms with Crippen molar-refractivity contribution in [3.63, 3.8) is 0 Å². The number of hydrogen-bond acceptors (Lipinski definition) is 4. The van der Waals surface area contributed by atoms with E-state index in [1.165, 1.54) is 12.8 Å². The van der Waals surface area contributed by atoms with Gasteiger partial charge in [-0.15, -0.1) is 0 Å². The standard InChI is InChI=1S/C11H18N2O2/c1-8-10(13-15-11(8)14)3-2-9-4-6-12-7-5-9/h8-9,12H,2-7H2,1H3. The molecule has 1 saturated heterocycles. The van der Waals surface area contributed by atoms with Gasteiger partial charge in [0.1, 0.15) is 0 Å². The Labute approximate surface area is 90.1 Å². The molecule has 0 amide bonds. The lowest BCUT2D eigenvalue weighted by Crippen LogP contribution is -2.28. The van der Waals surface area contributed by atoms with E-state index in [0.29, 0.717) is 0 Å². The number of nitrogens with one attached hydrogen (secondary N) is 1. The number of piperidine rings is 1. The Balaban J connectivity index is 1.75. The van der Waals surface area contributed by atoms with Gasteiger partial charge in [-0.3, -0.25) is 0 Å². The zero-order chi connectivity index (χ0) is 10.7. The Kier molecular flexibility index (Phi) is 3.36. The van der Waals surface area contributed by atoms with Gasteiger partial charge in [0.15, 0.2) is 0 Å². The third kappa shape index (κ3) is 2.56. The van der Waals surface area contributed by atoms with Crippen molar-refractivity contribution < 1.29 is 9.63 Å². The molecule has 2 heterocycles. The van der Waals surface area contributed by atoms with Crippen LogP contribution in [0.1, 0.15) is 32.6 Å². The summed E-state index contributed by atoms with van der Waals surface area (Å²) in [4.78, 5) is 15.7. The van der Waals surface area contributed by atoms with Crippen LogP contribution in [0, 0.1) is 11.8 Å². The fourth-order valence-electron chi connectivity index (χ4n) is 2.18. The minimum absolute atomic E-state index is 0.119. The molecule has 4 heteroatoms. The first-order chi connectivity index (χ1) is 7.27. The molecule has 2 rings (SSSR count). The summed E-state index contributed by atoms with van der Waals surface area (Å²) < 4.78 is 0. The maximum atomic E-state index is 11.1. The second kappa shape index (κ2) is 4.75. The molecule has 4 nitrogen and oxygen atoms in total. The lowest BCUT2D eigenvalue weighted by atomic mass is 9.90. The highest BCUT2D eigenvalue weighted by Crippen LogP contribution is 2.22. The van der Waals surface area contributed by atoms with Gasteiger partial charge in [0, 0.05) is 0 Å². The van der Waals surface area contributed by atoms with E-state index in [9.17, 15) is 4.79 Å². The van der Waals surface area contributed by atoms with Gasteiger partial charge in [0.05, 0.1) is 11.6 Å². The smallest absolute Gasteiger partial charge is 0.318 e. The molecule has 1 fully saturated rings. The summed E-state index contributed by atoms with van der Waals surface area (Å²) in [7, 11) is 0. The molecule has 84 valence electrons. The lowest BCUT2D eigenvalue weighted by molar-refractivity contribution is -0.142. The predicted molar refractivity (Wildman–Crippen MR) is 57.5 cm³/mol. The average molecular weight is 210 g/mol. The van der Waals surface area contributed by atoms with E-state index in [1.54, 1.807) is 0 Å². The summed E-state index contributed by atoms with van der Waals surface area (Å²) in [5.74, 6) is 0.471. The van der Waals surface area contributed by atoms with Crippen molar-refractivity contribution in [2.75, 3.05) is 13.1 Å². The Hall–Kier alpha value is -0.900. The summed E-state index contributed by atoms with van der Waals surface area (Å²) in [6, 6.07) is 0. The van der Waals surface area contributed by atoms with Crippen LogP contribution in [0.15, 0.2) is 5.16 Å². The highest BCUT2D eigenvalue weighted by molar-refractivity contribution is 6.04. The van der Waals surface area contributed by atoms with E-state index in [0.717, 1.165) is 37.6 Å². The highest BCUT2D eigenvalue weighted by Gasteiger charge is 2.28. The third-order valence-corrected chi connectivity index (χ3v) is 3.37. The molecule has 0 radical (unpaired) electrons. The Morgan fingerprint density at radius 2 is 2.20 bits per heavy atom. The second-order valence-electron chi connectivity index (χ2n) is 4.45. The molecule has 1 N–H and O–H groups in total. The molecule has 1 unspecified atom stereocenters. The van der Waals surface area contributed by atoms with Gasteiger partial charge in [-0.2, -0.15) is 0 Å². The number of nitrogens with zero attached hydrogens (tertiary/aromatic N) is 1. The van der Waals surface area contributed by atoms with Crippen molar-refractivity contribution in [2.24, 2.45) is 17.0 Å². The van der Waals surface area contributed by atoms with Gasteiger partial charge in [0.2, 0.25) is 0 Å². The lowest BCUT2D eigenvalue weighted by Gasteiger charge is -2.22. The number of oxime groups is 1. The molecule has 0 aromatic carbocycles. The van der Waals surface area contributed by atoms with Crippen molar-refractivity contribution in [1.29, 1.82) is 0 Å². The van der Waals surface area contributed by atoms with Gasteiger partial charge in [-0.25, -0.2) is 4.79 Å². The summed E-state index contributed by atoms with van der Waals surface area (Å²) in [5.41, 5.74) is 0.929. The van der Waals surface area contributed by atoms with Gasteiger partial charge in [-0.1, -0.05) is 5.16 Å². The number of rotatable bonds is 3. The SMILES string of the molecule is CC1C(=O)ON=C1CCC1CCNCC1. The minimum Gasteiger partial charge on any atom is -0.318 e. The molecule has 0 spiro atoms. The molecular formula is C11H18N2O2. The Morgan fingerprint density at radius 3 is 2.80 bits per heavy atom. The van der Waals surface area contributed by atoms with Crippen LogP contribution < -0.4 is 5.32 Å². The molecule has 0 bridgehead atoms. The van der Waals surface area contributed by atoms with E-state index in [1.807, 2.05) is 6.92 Å². The fraction of sp³-hybridized carbons (Fsp3) is 0.818. The summed E-state index contributed by atoms with van der Waals surface area (Å²) in [5, 5.41) is 7.18. The summed E-state index contributed by atoms with van der Waals surface area (Å²) in [6.07, 6.45) is 4.55. The first-order valence-electron chi connectivity index (χ1n) is 5.75. The average Bonchev–Trinajstić information content (AvgIpc) is 2.59. The van der Waals surface area contributed by atoms with Crippen molar-refractivity contribution in [3.05, 3.63) is 0 Å². The second-order valence-corrected chi connectivity index (χ2v) is 4.45. The van der Waals surface area contributed by atoms with Crippen molar-refractivity contribution in [1.82, 2.24) is 5.32 Å². The molecular weight excluding hydrogens is 192 g/mol. The van der Waals surface area contributed by atoms with E-state index >= 15 is 0 Å². The van der Waals surface area contributed by atoms with E-state index < -0.39 is 0 Å². The molecule has 0 aromatic heterocycles. The molecule has 0 aliphatic carbocycles. The van der Waals surface area contributed by atoms with Crippen molar-refractivity contribution >= 4 is 11.7 Å². The van der Waals surface area contributed by atoms with Gasteiger partial charge >= 0.3 is 5.97 Å². The maximum Gasteiger partial charge on any atom is 0.343 e. The summed E-state index contributed by atoms with van der Waals surface area (Å²) >= 11 is 0. The Morgan fingerprint density at radius 1 is 1.47 bits per heavy atom. The van der Waals surface area contributed by atoms with Gasteiger partial charge < -0.3 is 10.2 Å². The van der Waals surface area contributed by atoms with Crippen LogP contribution in [-0.4, -0.2) is 24.8 Å². The zero-order valence-corrected chi connectivity index (χ0v) is 9.16. The van der Waals surface area contributed by atoms with Gasteiger partial charge in [-0.05, 0) is 51.6 Å². The van der Waals surface area contributed by atoms with Crippen LogP contribution in [0.2, 0.25) is 0 Å². The van der Waals surface area contributed by atoms with Gasteiger partial charge in [0.25, 0.3) is 0 Å². The van der Waals surface area contributed by atoms with E-state index in [-0.39, 0.29) is 11.9 Å². The minimum atomic E-state index is -0.199. The molecule has 2 aliphatic rings. The first kappa shape index (κ1) is 10.6. The van der Waals surface area contributed by atoms with Crippen LogP contribution in [0.3, 0.4) is 0 Å². The van der Waals surface area contributed by atoms with E-state index in [4.69, 9.17) is 0 Å². The number of carbonyl (C=O) groups is 1. The van der Waals surface area contributed by atoms with Crippen LogP contribution in [-0.2, 0) is 9.63 Å². The quantitative estimate of drug-likeness (QED) is 0.715. The molecule has 1 atom stereocenters. The zero-order valence-electron chi connectivity index (χ0n) is 9.16. The normalized spacial score (nSPS) is 27.7.